The second-order valence-corrected chi connectivity index (χ2v) is 5.03. The van der Waals surface area contributed by atoms with Gasteiger partial charge in [0.2, 0.25) is 5.91 Å². The number of carbonyl (C=O) groups excluding carboxylic acids is 1. The highest BCUT2D eigenvalue weighted by atomic mass is 35.5. The molecule has 0 unspecified atom stereocenters. The Labute approximate surface area is 136 Å². The number of nitro benzene ring substituents is 1. The molecule has 0 aromatic heterocycles. The summed E-state index contributed by atoms with van der Waals surface area (Å²) in [6.07, 6.45) is 2.56. The van der Waals surface area contributed by atoms with Crippen molar-refractivity contribution in [1.82, 2.24) is 0 Å². The van der Waals surface area contributed by atoms with E-state index in [4.69, 9.17) is 23.2 Å². The molecule has 7 heteroatoms. The van der Waals surface area contributed by atoms with Crippen LogP contribution in [0.1, 0.15) is 5.56 Å². The molecule has 0 heterocycles. The molecule has 0 radical (unpaired) electrons. The zero-order chi connectivity index (χ0) is 16.1. The molecule has 0 saturated carbocycles. The van der Waals surface area contributed by atoms with Gasteiger partial charge in [-0.2, -0.15) is 0 Å². The molecule has 2 rings (SSSR count). The maximum atomic E-state index is 11.9. The Morgan fingerprint density at radius 3 is 2.59 bits per heavy atom. The summed E-state index contributed by atoms with van der Waals surface area (Å²) in [7, 11) is 0. The predicted molar refractivity (Wildman–Crippen MR) is 87.2 cm³/mol. The lowest BCUT2D eigenvalue weighted by atomic mass is 10.1. The van der Waals surface area contributed by atoms with E-state index in [0.717, 1.165) is 0 Å². The lowest BCUT2D eigenvalue weighted by molar-refractivity contribution is -0.385. The first-order valence-electron chi connectivity index (χ1n) is 6.15. The first kappa shape index (κ1) is 16.0. The number of hydrogen-bond donors (Lipinski definition) is 1. The monoisotopic (exact) mass is 336 g/mol. The van der Waals surface area contributed by atoms with Crippen LogP contribution in [-0.4, -0.2) is 10.8 Å². The van der Waals surface area contributed by atoms with Gasteiger partial charge >= 0.3 is 0 Å². The third-order valence-electron chi connectivity index (χ3n) is 2.76. The Bertz CT molecular complexity index is 760. The SMILES string of the molecule is O=C(C=Cc1ccccc1[N+](=O)[O-])Nc1cccc(Cl)c1Cl. The number of carbonyl (C=O) groups is 1. The molecule has 2 aromatic carbocycles. The minimum absolute atomic E-state index is 0.0765. The van der Waals surface area contributed by atoms with Crippen molar-refractivity contribution >= 4 is 46.6 Å². The number of halogens is 2. The molecule has 0 bridgehead atoms. The molecule has 22 heavy (non-hydrogen) atoms. The fourth-order valence-corrected chi connectivity index (χ4v) is 2.08. The number of rotatable bonds is 4. The number of hydrogen-bond acceptors (Lipinski definition) is 3. The molecule has 0 aliphatic rings. The van der Waals surface area contributed by atoms with Crippen LogP contribution in [0.5, 0.6) is 0 Å². The molecule has 0 spiro atoms. The number of nitrogens with one attached hydrogen (secondary N) is 1. The Morgan fingerprint density at radius 2 is 1.86 bits per heavy atom. The summed E-state index contributed by atoms with van der Waals surface area (Å²) < 4.78 is 0. The molecule has 1 N–H and O–H groups in total. The fourth-order valence-electron chi connectivity index (χ4n) is 1.73. The van der Waals surface area contributed by atoms with Crippen molar-refractivity contribution < 1.29 is 9.72 Å². The van der Waals surface area contributed by atoms with Crippen LogP contribution < -0.4 is 5.32 Å². The van der Waals surface area contributed by atoms with Gasteiger partial charge < -0.3 is 5.32 Å². The van der Waals surface area contributed by atoms with Gasteiger partial charge in [0, 0.05) is 12.1 Å². The zero-order valence-electron chi connectivity index (χ0n) is 11.1. The first-order chi connectivity index (χ1) is 10.5. The molecular weight excluding hydrogens is 327 g/mol. The molecule has 0 aliphatic heterocycles. The van der Waals surface area contributed by atoms with E-state index in [9.17, 15) is 14.9 Å². The van der Waals surface area contributed by atoms with Gasteiger partial charge in [-0.25, -0.2) is 0 Å². The highest BCUT2D eigenvalue weighted by Crippen LogP contribution is 2.29. The third-order valence-corrected chi connectivity index (χ3v) is 3.58. The van der Waals surface area contributed by atoms with Crippen LogP contribution in [0.3, 0.4) is 0 Å². The molecule has 5 nitrogen and oxygen atoms in total. The highest BCUT2D eigenvalue weighted by molar-refractivity contribution is 6.44. The number of para-hydroxylation sites is 1. The normalized spacial score (nSPS) is 10.6. The minimum atomic E-state index is -0.509. The fraction of sp³-hybridized carbons (Fsp3) is 0. The summed E-state index contributed by atoms with van der Waals surface area (Å²) in [5.41, 5.74) is 0.624. The summed E-state index contributed by atoms with van der Waals surface area (Å²) in [6.45, 7) is 0. The van der Waals surface area contributed by atoms with Crippen molar-refractivity contribution in [2.45, 2.75) is 0 Å². The topological polar surface area (TPSA) is 72.2 Å². The zero-order valence-corrected chi connectivity index (χ0v) is 12.6. The highest BCUT2D eigenvalue weighted by Gasteiger charge is 2.10. The largest absolute Gasteiger partial charge is 0.321 e. The molecule has 0 aliphatic carbocycles. The second kappa shape index (κ2) is 7.06. The van der Waals surface area contributed by atoms with Gasteiger partial charge in [-0.05, 0) is 24.3 Å². The lowest BCUT2D eigenvalue weighted by Crippen LogP contribution is -2.08. The summed E-state index contributed by atoms with van der Waals surface area (Å²) in [5, 5.41) is 14.0. The average Bonchev–Trinajstić information content (AvgIpc) is 2.50. The van der Waals surface area contributed by atoms with Gasteiger partial charge in [0.1, 0.15) is 0 Å². The average molecular weight is 337 g/mol. The van der Waals surface area contributed by atoms with Gasteiger partial charge in [-0.15, -0.1) is 0 Å². The third kappa shape index (κ3) is 3.84. The molecule has 112 valence electrons. The number of nitro groups is 1. The van der Waals surface area contributed by atoms with Crippen LogP contribution in [-0.2, 0) is 4.79 Å². The number of anilines is 1. The van der Waals surface area contributed by atoms with Crippen molar-refractivity contribution in [1.29, 1.82) is 0 Å². The van der Waals surface area contributed by atoms with Crippen LogP contribution in [0.15, 0.2) is 48.5 Å². The molecule has 0 saturated heterocycles. The van der Waals surface area contributed by atoms with E-state index in [0.29, 0.717) is 16.3 Å². The Kier molecular flexibility index (Phi) is 5.14. The molecular formula is C15H10Cl2N2O3. The van der Waals surface area contributed by atoms with Gasteiger partial charge in [-0.1, -0.05) is 41.4 Å². The van der Waals surface area contributed by atoms with Crippen molar-refractivity contribution in [3.8, 4) is 0 Å². The predicted octanol–water partition coefficient (Wildman–Crippen LogP) is 4.55. The van der Waals surface area contributed by atoms with Crippen molar-refractivity contribution in [3.05, 3.63) is 74.3 Å². The summed E-state index contributed by atoms with van der Waals surface area (Å²) in [6, 6.07) is 11.0. The Morgan fingerprint density at radius 1 is 1.14 bits per heavy atom. The van der Waals surface area contributed by atoms with Gasteiger partial charge in [0.15, 0.2) is 0 Å². The molecule has 0 fully saturated rings. The number of amides is 1. The molecule has 2 aromatic rings. The van der Waals surface area contributed by atoms with Crippen molar-refractivity contribution in [3.63, 3.8) is 0 Å². The van der Waals surface area contributed by atoms with Crippen LogP contribution >= 0.6 is 23.2 Å². The Balaban J connectivity index is 2.16. The van der Waals surface area contributed by atoms with E-state index in [1.807, 2.05) is 0 Å². The summed E-state index contributed by atoms with van der Waals surface area (Å²) in [5.74, 6) is -0.470. The van der Waals surface area contributed by atoms with E-state index < -0.39 is 10.8 Å². The van der Waals surface area contributed by atoms with E-state index in [1.54, 1.807) is 36.4 Å². The van der Waals surface area contributed by atoms with Crippen molar-refractivity contribution in [2.75, 3.05) is 5.32 Å². The molecule has 0 atom stereocenters. The summed E-state index contributed by atoms with van der Waals surface area (Å²) >= 11 is 11.8. The van der Waals surface area contributed by atoms with E-state index in [1.165, 1.54) is 18.2 Å². The Hall–Kier alpha value is -2.37. The maximum absolute atomic E-state index is 11.9. The van der Waals surface area contributed by atoms with Crippen molar-refractivity contribution in [2.24, 2.45) is 0 Å². The van der Waals surface area contributed by atoms with Crippen LogP contribution in [0.4, 0.5) is 11.4 Å². The first-order valence-corrected chi connectivity index (χ1v) is 6.91. The van der Waals surface area contributed by atoms with Crippen LogP contribution in [0.2, 0.25) is 10.0 Å². The minimum Gasteiger partial charge on any atom is -0.321 e. The van der Waals surface area contributed by atoms with Crippen LogP contribution in [0, 0.1) is 10.1 Å². The standard InChI is InChI=1S/C15H10Cl2N2O3/c16-11-5-3-6-12(15(11)17)18-14(20)9-8-10-4-1-2-7-13(10)19(21)22/h1-9H,(H,18,20). The number of benzene rings is 2. The van der Waals surface area contributed by atoms with Gasteiger partial charge in [0.05, 0.1) is 26.2 Å². The van der Waals surface area contributed by atoms with E-state index in [2.05, 4.69) is 5.32 Å². The van der Waals surface area contributed by atoms with Gasteiger partial charge in [-0.3, -0.25) is 14.9 Å². The van der Waals surface area contributed by atoms with Gasteiger partial charge in [0.25, 0.3) is 5.69 Å². The number of nitrogens with zero attached hydrogens (tertiary/aromatic N) is 1. The lowest BCUT2D eigenvalue weighted by Gasteiger charge is -2.05. The molecule has 1 amide bonds. The second-order valence-electron chi connectivity index (χ2n) is 4.24. The van der Waals surface area contributed by atoms with E-state index in [-0.39, 0.29) is 10.7 Å². The quantitative estimate of drug-likeness (QED) is 0.505. The smallest absolute Gasteiger partial charge is 0.276 e. The summed E-state index contributed by atoms with van der Waals surface area (Å²) in [4.78, 5) is 22.2. The van der Waals surface area contributed by atoms with Crippen LogP contribution in [0.25, 0.3) is 6.08 Å². The van der Waals surface area contributed by atoms with E-state index >= 15 is 0 Å². The maximum Gasteiger partial charge on any atom is 0.276 e.